The number of amides is 1. The van der Waals surface area contributed by atoms with Gasteiger partial charge in [-0.2, -0.15) is 0 Å². The zero-order valence-corrected chi connectivity index (χ0v) is 17.9. The van der Waals surface area contributed by atoms with E-state index in [0.717, 1.165) is 16.6 Å². The molecule has 6 nitrogen and oxygen atoms in total. The molecule has 1 aromatic heterocycles. The van der Waals surface area contributed by atoms with Gasteiger partial charge in [-0.25, -0.2) is 13.4 Å². The van der Waals surface area contributed by atoms with Crippen molar-refractivity contribution in [1.29, 1.82) is 0 Å². The lowest BCUT2D eigenvalue weighted by Gasteiger charge is -2.07. The molecule has 3 aromatic carbocycles. The summed E-state index contributed by atoms with van der Waals surface area (Å²) in [6.07, 6.45) is 0.352. The number of oxazole rings is 1. The maximum Gasteiger partial charge on any atom is 0.227 e. The first-order chi connectivity index (χ1) is 14.9. The van der Waals surface area contributed by atoms with Crippen LogP contribution >= 0.6 is 0 Å². The quantitative estimate of drug-likeness (QED) is 0.442. The van der Waals surface area contributed by atoms with Crippen molar-refractivity contribution in [3.05, 3.63) is 78.4 Å². The van der Waals surface area contributed by atoms with Crippen molar-refractivity contribution >= 4 is 32.5 Å². The number of carbonyl (C=O) groups is 1. The molecule has 7 heteroatoms. The minimum Gasteiger partial charge on any atom is -0.436 e. The van der Waals surface area contributed by atoms with Crippen molar-refractivity contribution in [2.75, 3.05) is 11.1 Å². The average molecular weight is 435 g/mol. The molecule has 0 saturated heterocycles. The Morgan fingerprint density at radius 3 is 2.55 bits per heavy atom. The maximum absolute atomic E-state index is 12.4. The number of carbonyl (C=O) groups excluding carboxylic acids is 1. The molecular weight excluding hydrogens is 412 g/mol. The number of anilines is 1. The zero-order chi connectivity index (χ0) is 21.8. The Kier molecular flexibility index (Phi) is 5.86. The van der Waals surface area contributed by atoms with Gasteiger partial charge in [0.15, 0.2) is 15.4 Å². The zero-order valence-electron chi connectivity index (χ0n) is 17.0. The van der Waals surface area contributed by atoms with Crippen LogP contribution in [0.1, 0.15) is 18.4 Å². The van der Waals surface area contributed by atoms with E-state index in [4.69, 9.17) is 4.42 Å². The van der Waals surface area contributed by atoms with Gasteiger partial charge in [-0.1, -0.05) is 35.9 Å². The number of hydrogen-bond acceptors (Lipinski definition) is 5. The molecule has 158 valence electrons. The van der Waals surface area contributed by atoms with Crippen molar-refractivity contribution in [3.63, 3.8) is 0 Å². The van der Waals surface area contributed by atoms with Crippen LogP contribution in [-0.4, -0.2) is 25.1 Å². The van der Waals surface area contributed by atoms with Crippen LogP contribution in [0.15, 0.2) is 82.1 Å². The predicted molar refractivity (Wildman–Crippen MR) is 121 cm³/mol. The molecule has 0 bridgehead atoms. The molecule has 4 rings (SSSR count). The van der Waals surface area contributed by atoms with Crippen LogP contribution in [0, 0.1) is 6.92 Å². The smallest absolute Gasteiger partial charge is 0.227 e. The lowest BCUT2D eigenvalue weighted by Crippen LogP contribution is -2.14. The summed E-state index contributed by atoms with van der Waals surface area (Å²) in [5, 5.41) is 2.82. The van der Waals surface area contributed by atoms with Gasteiger partial charge < -0.3 is 9.73 Å². The van der Waals surface area contributed by atoms with Gasteiger partial charge in [0, 0.05) is 17.7 Å². The second-order valence-electron chi connectivity index (χ2n) is 7.35. The Labute approximate surface area is 180 Å². The molecule has 0 atom stereocenters. The second-order valence-corrected chi connectivity index (χ2v) is 9.46. The molecule has 0 fully saturated rings. The van der Waals surface area contributed by atoms with Gasteiger partial charge >= 0.3 is 0 Å². The predicted octanol–water partition coefficient (Wildman–Crippen LogP) is 5.00. The summed E-state index contributed by atoms with van der Waals surface area (Å²) in [7, 11) is -3.40. The van der Waals surface area contributed by atoms with Crippen LogP contribution in [-0.2, 0) is 14.6 Å². The van der Waals surface area contributed by atoms with Crippen LogP contribution in [0.2, 0.25) is 0 Å². The van der Waals surface area contributed by atoms with Crippen molar-refractivity contribution in [3.8, 4) is 11.5 Å². The fourth-order valence-electron chi connectivity index (χ4n) is 3.24. The van der Waals surface area contributed by atoms with Gasteiger partial charge in [0.25, 0.3) is 0 Å². The molecule has 0 aliphatic heterocycles. The number of para-hydroxylation sites is 2. The van der Waals surface area contributed by atoms with Crippen LogP contribution in [0.5, 0.6) is 0 Å². The first kappa shape index (κ1) is 20.8. The average Bonchev–Trinajstić information content (AvgIpc) is 3.18. The Bertz CT molecular complexity index is 1290. The molecule has 0 aliphatic carbocycles. The number of nitrogens with one attached hydrogen (secondary N) is 1. The molecule has 4 aromatic rings. The van der Waals surface area contributed by atoms with Gasteiger partial charge in [0.05, 0.1) is 10.6 Å². The Morgan fingerprint density at radius 1 is 1.00 bits per heavy atom. The summed E-state index contributed by atoms with van der Waals surface area (Å²) in [5.74, 6) is 0.155. The van der Waals surface area contributed by atoms with Gasteiger partial charge in [0.2, 0.25) is 11.8 Å². The summed E-state index contributed by atoms with van der Waals surface area (Å²) < 4.78 is 30.6. The van der Waals surface area contributed by atoms with E-state index < -0.39 is 9.84 Å². The normalized spacial score (nSPS) is 11.5. The van der Waals surface area contributed by atoms with E-state index >= 15 is 0 Å². The Balaban J connectivity index is 1.36. The van der Waals surface area contributed by atoms with E-state index in [2.05, 4.69) is 10.3 Å². The number of aromatic nitrogens is 1. The first-order valence-electron chi connectivity index (χ1n) is 9.96. The number of hydrogen-bond donors (Lipinski definition) is 1. The molecule has 31 heavy (non-hydrogen) atoms. The molecule has 1 amide bonds. The number of nitrogens with zero attached hydrogens (tertiary/aromatic N) is 1. The standard InChI is InChI=1S/C24H22N2O4S/c1-17-11-13-20(14-12-17)31(28,29)15-5-10-23(27)25-19-7-4-6-18(16-19)24-26-21-8-2-3-9-22(21)30-24/h2-4,6-9,11-14,16H,5,10,15H2,1H3,(H,25,27). The summed E-state index contributed by atoms with van der Waals surface area (Å²) in [5.41, 5.74) is 3.81. The fourth-order valence-corrected chi connectivity index (χ4v) is 4.55. The maximum atomic E-state index is 12.4. The monoisotopic (exact) mass is 434 g/mol. The minimum absolute atomic E-state index is 0.0770. The van der Waals surface area contributed by atoms with E-state index in [9.17, 15) is 13.2 Å². The summed E-state index contributed by atoms with van der Waals surface area (Å²) in [4.78, 5) is 17.1. The lowest BCUT2D eigenvalue weighted by molar-refractivity contribution is -0.116. The van der Waals surface area contributed by atoms with Crippen molar-refractivity contribution in [1.82, 2.24) is 4.98 Å². The molecule has 1 heterocycles. The van der Waals surface area contributed by atoms with Crippen molar-refractivity contribution in [2.24, 2.45) is 0 Å². The van der Waals surface area contributed by atoms with Crippen LogP contribution in [0.4, 0.5) is 5.69 Å². The van der Waals surface area contributed by atoms with E-state index in [0.29, 0.717) is 17.2 Å². The topological polar surface area (TPSA) is 89.3 Å². The van der Waals surface area contributed by atoms with Crippen LogP contribution < -0.4 is 5.32 Å². The molecule has 0 saturated carbocycles. The first-order valence-corrected chi connectivity index (χ1v) is 11.6. The molecule has 0 unspecified atom stereocenters. The second kappa shape index (κ2) is 8.73. The lowest BCUT2D eigenvalue weighted by atomic mass is 10.2. The fraction of sp³-hybridized carbons (Fsp3) is 0.167. The van der Waals surface area contributed by atoms with Gasteiger partial charge in [-0.3, -0.25) is 4.79 Å². The number of fused-ring (bicyclic) bond motifs is 1. The third-order valence-corrected chi connectivity index (χ3v) is 6.70. The third-order valence-electron chi connectivity index (χ3n) is 4.88. The number of rotatable bonds is 7. The van der Waals surface area contributed by atoms with Crippen LogP contribution in [0.25, 0.3) is 22.6 Å². The highest BCUT2D eigenvalue weighted by molar-refractivity contribution is 7.91. The highest BCUT2D eigenvalue weighted by atomic mass is 32.2. The Morgan fingerprint density at radius 2 is 1.77 bits per heavy atom. The number of aryl methyl sites for hydroxylation is 1. The SMILES string of the molecule is Cc1ccc(S(=O)(=O)CCCC(=O)Nc2cccc(-c3nc4ccccc4o3)c2)cc1. The van der Waals surface area contributed by atoms with Gasteiger partial charge in [-0.05, 0) is 55.8 Å². The summed E-state index contributed by atoms with van der Waals surface area (Å²) >= 11 is 0. The third kappa shape index (κ3) is 5.00. The van der Waals surface area contributed by atoms with E-state index in [1.807, 2.05) is 43.3 Å². The summed E-state index contributed by atoms with van der Waals surface area (Å²) in [6, 6.07) is 21.4. The molecule has 0 aliphatic rings. The van der Waals surface area contributed by atoms with E-state index in [1.165, 1.54) is 0 Å². The van der Waals surface area contributed by atoms with E-state index in [-0.39, 0.29) is 29.4 Å². The largest absolute Gasteiger partial charge is 0.436 e. The molecular formula is C24H22N2O4S. The molecule has 0 spiro atoms. The van der Waals surface area contributed by atoms with Crippen molar-refractivity contribution in [2.45, 2.75) is 24.7 Å². The molecule has 1 N–H and O–H groups in total. The molecule has 0 radical (unpaired) electrons. The van der Waals surface area contributed by atoms with Crippen LogP contribution in [0.3, 0.4) is 0 Å². The number of sulfone groups is 1. The van der Waals surface area contributed by atoms with Crippen molar-refractivity contribution < 1.29 is 17.6 Å². The minimum atomic E-state index is -3.40. The van der Waals surface area contributed by atoms with E-state index in [1.54, 1.807) is 36.4 Å². The highest BCUT2D eigenvalue weighted by Gasteiger charge is 2.15. The summed E-state index contributed by atoms with van der Waals surface area (Å²) in [6.45, 7) is 1.90. The Hall–Kier alpha value is -3.45. The highest BCUT2D eigenvalue weighted by Crippen LogP contribution is 2.26. The number of benzene rings is 3. The van der Waals surface area contributed by atoms with Gasteiger partial charge in [0.1, 0.15) is 5.52 Å². The van der Waals surface area contributed by atoms with Gasteiger partial charge in [-0.15, -0.1) is 0 Å².